The minimum Gasteiger partial charge on any atom is -0.506 e. The molecule has 0 aliphatic heterocycles. The van der Waals surface area contributed by atoms with Gasteiger partial charge in [-0.25, -0.2) is 0 Å². The van der Waals surface area contributed by atoms with Gasteiger partial charge in [0.2, 0.25) is 0 Å². The molecule has 22 heavy (non-hydrogen) atoms. The fourth-order valence-corrected chi connectivity index (χ4v) is 5.80. The molecule has 2 N–H and O–H groups in total. The van der Waals surface area contributed by atoms with Gasteiger partial charge in [0.25, 0.3) is 0 Å². The molecule has 1 aromatic rings. The molecule has 0 aliphatic carbocycles. The second-order valence-corrected chi connectivity index (χ2v) is 9.54. The summed E-state index contributed by atoms with van der Waals surface area (Å²) in [5, 5.41) is 10.9. The van der Waals surface area contributed by atoms with E-state index in [1.165, 1.54) is 12.8 Å². The van der Waals surface area contributed by atoms with Gasteiger partial charge in [0.1, 0.15) is 11.5 Å². The third kappa shape index (κ3) is 3.90. The molecule has 0 heterocycles. The molecule has 0 unspecified atom stereocenters. The Kier molecular flexibility index (Phi) is 7.57. The highest BCUT2D eigenvalue weighted by atomic mass is 32.3. The van der Waals surface area contributed by atoms with Gasteiger partial charge in [-0.15, -0.1) is 0 Å². The van der Waals surface area contributed by atoms with E-state index in [2.05, 4.69) is 45.4 Å². The number of phenols is 1. The van der Waals surface area contributed by atoms with Crippen LogP contribution < -0.4 is 9.46 Å². The number of phenolic OH excluding ortho intramolecular Hbond substituents is 1. The van der Waals surface area contributed by atoms with Crippen LogP contribution >= 0.6 is 10.2 Å². The number of rotatable bonds is 9. The summed E-state index contributed by atoms with van der Waals surface area (Å²) in [6.07, 6.45) is 2.35. The molecule has 4 heteroatoms. The van der Waals surface area contributed by atoms with Crippen LogP contribution in [-0.2, 0) is 0 Å². The summed E-state index contributed by atoms with van der Waals surface area (Å²) >= 11 is 0. The van der Waals surface area contributed by atoms with Gasteiger partial charge < -0.3 is 9.84 Å². The number of nitrogens with one attached hydrogen (secondary N) is 1. The van der Waals surface area contributed by atoms with Crippen LogP contribution in [0.1, 0.15) is 58.9 Å². The van der Waals surface area contributed by atoms with Crippen LogP contribution in [0.15, 0.2) is 17.0 Å². The van der Waals surface area contributed by atoms with Crippen LogP contribution in [0.4, 0.5) is 0 Å². The van der Waals surface area contributed by atoms with Crippen molar-refractivity contribution in [3.05, 3.63) is 17.7 Å². The number of hydrogen-bond acceptors (Lipinski definition) is 3. The minimum absolute atomic E-state index is 0.233. The molecule has 0 amide bonds. The van der Waals surface area contributed by atoms with E-state index >= 15 is 0 Å². The highest BCUT2D eigenvalue weighted by Gasteiger charge is 2.28. The monoisotopic (exact) mass is 327 g/mol. The van der Waals surface area contributed by atoms with Gasteiger partial charge in [-0.2, -0.15) is 10.2 Å². The van der Waals surface area contributed by atoms with E-state index in [9.17, 15) is 5.11 Å². The normalized spacial score (nSPS) is 12.7. The van der Waals surface area contributed by atoms with E-state index < -0.39 is 10.2 Å². The number of ether oxygens (including phenoxy) is 1. The Morgan fingerprint density at radius 3 is 2.27 bits per heavy atom. The Labute approximate surface area is 137 Å². The lowest BCUT2D eigenvalue weighted by atomic mass is 10.0. The molecule has 0 aromatic heterocycles. The summed E-state index contributed by atoms with van der Waals surface area (Å²) in [5.41, 5.74) is 0.927. The highest BCUT2D eigenvalue weighted by Crippen LogP contribution is 2.57. The van der Waals surface area contributed by atoms with Gasteiger partial charge in [0, 0.05) is 17.0 Å². The predicted octanol–water partition coefficient (Wildman–Crippen LogP) is 5.03. The zero-order chi connectivity index (χ0) is 16.8. The topological polar surface area (TPSA) is 41.5 Å². The van der Waals surface area contributed by atoms with E-state index in [-0.39, 0.29) is 5.92 Å². The fraction of sp³-hybridized carbons (Fsp3) is 0.667. The van der Waals surface area contributed by atoms with Crippen LogP contribution in [0.3, 0.4) is 0 Å². The summed E-state index contributed by atoms with van der Waals surface area (Å²) in [6, 6.07) is 4.07. The first-order valence-corrected chi connectivity index (χ1v) is 10.4. The van der Waals surface area contributed by atoms with Crippen LogP contribution in [0.25, 0.3) is 0 Å². The first kappa shape index (κ1) is 19.2. The molecular formula is C18H33NO2S. The summed E-state index contributed by atoms with van der Waals surface area (Å²) in [4.78, 5) is 1.08. The summed E-state index contributed by atoms with van der Waals surface area (Å²) < 4.78 is 9.23. The highest BCUT2D eigenvalue weighted by molar-refractivity contribution is 8.32. The number of aromatic hydroxyl groups is 1. The van der Waals surface area contributed by atoms with E-state index in [1.54, 1.807) is 7.11 Å². The lowest BCUT2D eigenvalue weighted by Crippen LogP contribution is -2.26. The van der Waals surface area contributed by atoms with Crippen LogP contribution in [0.5, 0.6) is 11.5 Å². The SMILES string of the molecule is CCCCNS(CC)(CC)c1ccc(OC)c(C(C)C)c1O. The molecule has 0 aliphatic rings. The van der Waals surface area contributed by atoms with Crippen molar-refractivity contribution in [2.24, 2.45) is 0 Å². The Hall–Kier alpha value is -0.870. The van der Waals surface area contributed by atoms with Crippen molar-refractivity contribution in [3.63, 3.8) is 0 Å². The van der Waals surface area contributed by atoms with Crippen LogP contribution in [0, 0.1) is 0 Å². The third-order valence-electron chi connectivity index (χ3n) is 4.25. The zero-order valence-corrected chi connectivity index (χ0v) is 15.8. The molecule has 0 spiro atoms. The maximum atomic E-state index is 10.9. The second kappa shape index (κ2) is 8.68. The van der Waals surface area contributed by atoms with E-state index in [4.69, 9.17) is 4.74 Å². The van der Waals surface area contributed by atoms with Gasteiger partial charge >= 0.3 is 0 Å². The molecule has 0 fully saturated rings. The molecule has 1 aromatic carbocycles. The predicted molar refractivity (Wildman–Crippen MR) is 98.6 cm³/mol. The first-order valence-electron chi connectivity index (χ1n) is 8.40. The number of unbranched alkanes of at least 4 members (excludes halogenated alkanes) is 1. The van der Waals surface area contributed by atoms with Crippen molar-refractivity contribution in [2.45, 2.75) is 58.3 Å². The molecule has 0 bridgehead atoms. The quantitative estimate of drug-likeness (QED) is 0.625. The Bertz CT molecular complexity index is 470. The Balaban J connectivity index is 3.34. The number of methoxy groups -OCH3 is 1. The summed E-state index contributed by atoms with van der Waals surface area (Å²) in [7, 11) is 0.476. The maximum Gasteiger partial charge on any atom is 0.135 e. The van der Waals surface area contributed by atoms with Gasteiger partial charge in [-0.05, 0) is 36.0 Å². The van der Waals surface area contributed by atoms with Crippen molar-refractivity contribution in [2.75, 3.05) is 25.2 Å². The Morgan fingerprint density at radius 1 is 1.18 bits per heavy atom. The van der Waals surface area contributed by atoms with Crippen LogP contribution in [-0.4, -0.2) is 30.3 Å². The van der Waals surface area contributed by atoms with Gasteiger partial charge in [-0.3, -0.25) is 4.72 Å². The lowest BCUT2D eigenvalue weighted by Gasteiger charge is -2.41. The molecule has 128 valence electrons. The van der Waals surface area contributed by atoms with Crippen molar-refractivity contribution >= 4 is 10.2 Å². The number of hydrogen-bond donors (Lipinski definition) is 2. The van der Waals surface area contributed by atoms with E-state index in [1.807, 2.05) is 6.07 Å². The molecule has 0 saturated heterocycles. The van der Waals surface area contributed by atoms with E-state index in [0.717, 1.165) is 34.3 Å². The zero-order valence-electron chi connectivity index (χ0n) is 15.0. The molecule has 0 atom stereocenters. The average molecular weight is 328 g/mol. The fourth-order valence-electron chi connectivity index (χ4n) is 2.86. The van der Waals surface area contributed by atoms with E-state index in [0.29, 0.717) is 5.75 Å². The average Bonchev–Trinajstić information content (AvgIpc) is 2.51. The Morgan fingerprint density at radius 2 is 1.82 bits per heavy atom. The summed E-state index contributed by atoms with van der Waals surface area (Å²) in [6.45, 7) is 11.9. The standard InChI is InChI=1S/C18H33NO2S/c1-7-10-13-19-22(8-2,9-3)16-12-11-15(21-6)17(14(4)5)18(16)20/h11-12,14,19-20H,7-10,13H2,1-6H3. The van der Waals surface area contributed by atoms with Gasteiger partial charge in [0.15, 0.2) is 0 Å². The maximum absolute atomic E-state index is 10.9. The van der Waals surface area contributed by atoms with Gasteiger partial charge in [-0.1, -0.05) is 41.0 Å². The first-order chi connectivity index (χ1) is 10.5. The molecule has 0 saturated carbocycles. The molecule has 3 nitrogen and oxygen atoms in total. The van der Waals surface area contributed by atoms with Gasteiger partial charge in [0.05, 0.1) is 7.11 Å². The number of benzene rings is 1. The molecule has 1 rings (SSSR count). The second-order valence-electron chi connectivity index (χ2n) is 5.89. The third-order valence-corrected chi connectivity index (χ3v) is 8.15. The summed E-state index contributed by atoms with van der Waals surface area (Å²) in [5.74, 6) is 3.51. The van der Waals surface area contributed by atoms with Crippen molar-refractivity contribution in [1.82, 2.24) is 4.72 Å². The van der Waals surface area contributed by atoms with Crippen molar-refractivity contribution in [3.8, 4) is 11.5 Å². The minimum atomic E-state index is -1.19. The molecular weight excluding hydrogens is 294 g/mol. The van der Waals surface area contributed by atoms with Crippen molar-refractivity contribution < 1.29 is 9.84 Å². The van der Waals surface area contributed by atoms with Crippen LogP contribution in [0.2, 0.25) is 0 Å². The largest absolute Gasteiger partial charge is 0.506 e. The molecule has 0 radical (unpaired) electrons. The lowest BCUT2D eigenvalue weighted by molar-refractivity contribution is 0.392. The van der Waals surface area contributed by atoms with Crippen molar-refractivity contribution in [1.29, 1.82) is 0 Å². The smallest absolute Gasteiger partial charge is 0.135 e.